The molecule has 1 amide bonds. The number of morpholine rings is 1. The number of hydrogen-bond donors (Lipinski definition) is 0. The number of hydrogen-bond acceptors (Lipinski definition) is 5. The molecule has 0 aromatic carbocycles. The van der Waals surface area contributed by atoms with Gasteiger partial charge in [-0.1, -0.05) is 6.92 Å². The minimum absolute atomic E-state index is 0.0975. The number of methoxy groups -OCH3 is 1. The summed E-state index contributed by atoms with van der Waals surface area (Å²) in [4.78, 5) is 25.4. The summed E-state index contributed by atoms with van der Waals surface area (Å²) >= 11 is 0. The topological polar surface area (TPSA) is 59.1 Å². The van der Waals surface area contributed by atoms with E-state index < -0.39 is 24.0 Å². The van der Waals surface area contributed by atoms with Crippen LogP contribution in [0.15, 0.2) is 0 Å². The lowest BCUT2D eigenvalue weighted by Crippen LogP contribution is -2.48. The zero-order chi connectivity index (χ0) is 16.8. The molecule has 0 aliphatic carbocycles. The first-order chi connectivity index (χ1) is 10.3. The van der Waals surface area contributed by atoms with Gasteiger partial charge in [0, 0.05) is 32.7 Å². The fourth-order valence-electron chi connectivity index (χ4n) is 2.15. The van der Waals surface area contributed by atoms with Crippen molar-refractivity contribution in [2.45, 2.75) is 13.1 Å². The molecule has 6 nitrogen and oxygen atoms in total. The van der Waals surface area contributed by atoms with Crippen LogP contribution in [0.2, 0.25) is 0 Å². The first kappa shape index (κ1) is 18.7. The van der Waals surface area contributed by atoms with E-state index in [1.165, 1.54) is 6.92 Å². The standard InChI is InChI=1S/C13H21F3N2O4/c1-10(11(19)21-2)9-18(12(20)13(14,15)16)4-3-17-5-7-22-8-6-17/h10H,3-9H2,1-2H3. The molecule has 9 heteroatoms. The Bertz CT molecular complexity index is 384. The fraction of sp³-hybridized carbons (Fsp3) is 0.846. The van der Waals surface area contributed by atoms with E-state index in [2.05, 4.69) is 4.74 Å². The second kappa shape index (κ2) is 8.33. The first-order valence-corrected chi connectivity index (χ1v) is 6.99. The Morgan fingerprint density at radius 2 is 1.91 bits per heavy atom. The third-order valence-corrected chi connectivity index (χ3v) is 3.42. The molecule has 1 atom stereocenters. The molecule has 1 aliphatic rings. The van der Waals surface area contributed by atoms with Crippen molar-refractivity contribution in [1.29, 1.82) is 0 Å². The Labute approximate surface area is 127 Å². The van der Waals surface area contributed by atoms with Crippen molar-refractivity contribution in [1.82, 2.24) is 9.80 Å². The van der Waals surface area contributed by atoms with Crippen LogP contribution in [-0.2, 0) is 19.1 Å². The molecule has 1 rings (SSSR count). The number of alkyl halides is 3. The summed E-state index contributed by atoms with van der Waals surface area (Å²) in [6, 6.07) is 0. The largest absolute Gasteiger partial charge is 0.471 e. The van der Waals surface area contributed by atoms with Gasteiger partial charge in [0.1, 0.15) is 0 Å². The molecule has 0 aromatic heterocycles. The van der Waals surface area contributed by atoms with E-state index in [4.69, 9.17) is 4.74 Å². The minimum atomic E-state index is -4.96. The molecule has 1 aliphatic heterocycles. The highest BCUT2D eigenvalue weighted by molar-refractivity contribution is 5.82. The van der Waals surface area contributed by atoms with Crippen LogP contribution in [-0.4, -0.2) is 80.9 Å². The van der Waals surface area contributed by atoms with E-state index in [0.29, 0.717) is 37.7 Å². The number of carbonyl (C=O) groups excluding carboxylic acids is 2. The summed E-state index contributed by atoms with van der Waals surface area (Å²) in [5, 5.41) is 0. The highest BCUT2D eigenvalue weighted by Crippen LogP contribution is 2.19. The first-order valence-electron chi connectivity index (χ1n) is 6.99. The summed E-state index contributed by atoms with van der Waals surface area (Å²) in [7, 11) is 1.16. The van der Waals surface area contributed by atoms with Crippen molar-refractivity contribution >= 4 is 11.9 Å². The molecule has 1 saturated heterocycles. The summed E-state index contributed by atoms with van der Waals surface area (Å²) in [6.45, 7) is 3.57. The molecule has 128 valence electrons. The summed E-state index contributed by atoms with van der Waals surface area (Å²) < 4.78 is 47.6. The Morgan fingerprint density at radius 3 is 2.41 bits per heavy atom. The Hall–Kier alpha value is -1.35. The maximum atomic E-state index is 12.7. The van der Waals surface area contributed by atoms with Gasteiger partial charge in [-0.05, 0) is 0 Å². The van der Waals surface area contributed by atoms with Crippen molar-refractivity contribution in [2.24, 2.45) is 5.92 Å². The van der Waals surface area contributed by atoms with Crippen LogP contribution in [0.5, 0.6) is 0 Å². The highest BCUT2D eigenvalue weighted by Gasteiger charge is 2.43. The maximum absolute atomic E-state index is 12.7. The van der Waals surface area contributed by atoms with Crippen LogP contribution in [0.1, 0.15) is 6.92 Å². The van der Waals surface area contributed by atoms with Crippen LogP contribution in [0, 0.1) is 5.92 Å². The summed E-state index contributed by atoms with van der Waals surface area (Å²) in [5.41, 5.74) is 0. The molecule has 0 N–H and O–H groups in total. The third kappa shape index (κ3) is 5.80. The number of rotatable bonds is 6. The lowest BCUT2D eigenvalue weighted by Gasteiger charge is -2.31. The van der Waals surface area contributed by atoms with Crippen molar-refractivity contribution in [2.75, 3.05) is 53.0 Å². The van der Waals surface area contributed by atoms with E-state index >= 15 is 0 Å². The molecular formula is C13H21F3N2O4. The SMILES string of the molecule is COC(=O)C(C)CN(CCN1CCOCC1)C(=O)C(F)(F)F. The van der Waals surface area contributed by atoms with Crippen molar-refractivity contribution < 1.29 is 32.2 Å². The molecule has 0 bridgehead atoms. The van der Waals surface area contributed by atoms with E-state index in [-0.39, 0.29) is 13.1 Å². The lowest BCUT2D eigenvalue weighted by atomic mass is 10.1. The van der Waals surface area contributed by atoms with Crippen LogP contribution < -0.4 is 0 Å². The van der Waals surface area contributed by atoms with Gasteiger partial charge in [0.2, 0.25) is 0 Å². The van der Waals surface area contributed by atoms with Gasteiger partial charge in [-0.15, -0.1) is 0 Å². The quantitative estimate of drug-likeness (QED) is 0.666. The molecule has 1 heterocycles. The highest BCUT2D eigenvalue weighted by atomic mass is 19.4. The van der Waals surface area contributed by atoms with E-state index in [0.717, 1.165) is 7.11 Å². The number of esters is 1. The molecule has 22 heavy (non-hydrogen) atoms. The molecule has 0 spiro atoms. The number of nitrogens with zero attached hydrogens (tertiary/aromatic N) is 2. The van der Waals surface area contributed by atoms with Crippen molar-refractivity contribution in [3.63, 3.8) is 0 Å². The zero-order valence-corrected chi connectivity index (χ0v) is 12.7. The molecule has 1 unspecified atom stereocenters. The van der Waals surface area contributed by atoms with Gasteiger partial charge in [-0.3, -0.25) is 14.5 Å². The van der Waals surface area contributed by atoms with Gasteiger partial charge in [-0.2, -0.15) is 13.2 Å². The van der Waals surface area contributed by atoms with Crippen LogP contribution in [0.25, 0.3) is 0 Å². The Morgan fingerprint density at radius 1 is 1.32 bits per heavy atom. The van der Waals surface area contributed by atoms with E-state index in [9.17, 15) is 22.8 Å². The van der Waals surface area contributed by atoms with E-state index in [1.807, 2.05) is 4.90 Å². The Balaban J connectivity index is 2.64. The van der Waals surface area contributed by atoms with Gasteiger partial charge in [0.25, 0.3) is 0 Å². The third-order valence-electron chi connectivity index (χ3n) is 3.42. The monoisotopic (exact) mass is 326 g/mol. The predicted octanol–water partition coefficient (Wildman–Crippen LogP) is 0.519. The summed E-state index contributed by atoms with van der Waals surface area (Å²) in [5.74, 6) is -3.40. The van der Waals surface area contributed by atoms with Gasteiger partial charge < -0.3 is 14.4 Å². The smallest absolute Gasteiger partial charge is 0.469 e. The minimum Gasteiger partial charge on any atom is -0.469 e. The predicted molar refractivity (Wildman–Crippen MR) is 71.1 cm³/mol. The van der Waals surface area contributed by atoms with Crippen LogP contribution in [0.3, 0.4) is 0 Å². The van der Waals surface area contributed by atoms with Gasteiger partial charge in [-0.25, -0.2) is 0 Å². The average molecular weight is 326 g/mol. The van der Waals surface area contributed by atoms with Crippen LogP contribution >= 0.6 is 0 Å². The van der Waals surface area contributed by atoms with Crippen molar-refractivity contribution in [3.8, 4) is 0 Å². The number of amides is 1. The number of halogens is 3. The van der Waals surface area contributed by atoms with Gasteiger partial charge in [0.05, 0.1) is 26.2 Å². The second-order valence-corrected chi connectivity index (χ2v) is 5.13. The molecule has 0 radical (unpaired) electrons. The number of ether oxygens (including phenoxy) is 2. The normalized spacial score (nSPS) is 17.9. The lowest BCUT2D eigenvalue weighted by molar-refractivity contribution is -0.186. The van der Waals surface area contributed by atoms with Gasteiger partial charge in [0.15, 0.2) is 0 Å². The maximum Gasteiger partial charge on any atom is 0.471 e. The summed E-state index contributed by atoms with van der Waals surface area (Å²) in [6.07, 6.45) is -4.96. The molecule has 0 aromatic rings. The fourth-order valence-corrected chi connectivity index (χ4v) is 2.15. The molecular weight excluding hydrogens is 305 g/mol. The Kier molecular flexibility index (Phi) is 7.08. The number of carbonyl (C=O) groups is 2. The average Bonchev–Trinajstić information content (AvgIpc) is 2.49. The molecule has 0 saturated carbocycles. The van der Waals surface area contributed by atoms with Crippen LogP contribution in [0.4, 0.5) is 13.2 Å². The van der Waals surface area contributed by atoms with E-state index in [1.54, 1.807) is 0 Å². The molecule has 1 fully saturated rings. The zero-order valence-electron chi connectivity index (χ0n) is 12.7. The van der Waals surface area contributed by atoms with Crippen molar-refractivity contribution in [3.05, 3.63) is 0 Å². The second-order valence-electron chi connectivity index (χ2n) is 5.13. The van der Waals surface area contributed by atoms with Gasteiger partial charge >= 0.3 is 18.1 Å².